The molecule has 1 rings (SSSR count). The van der Waals surface area contributed by atoms with Crippen LogP contribution in [-0.2, 0) is 0 Å². The number of aryl methyl sites for hydroxylation is 3. The average Bonchev–Trinajstić information content (AvgIpc) is 2.33. The van der Waals surface area contributed by atoms with Crippen molar-refractivity contribution in [2.45, 2.75) is 26.8 Å². The molecule has 0 saturated heterocycles. The van der Waals surface area contributed by atoms with Gasteiger partial charge in [-0.1, -0.05) is 12.1 Å². The summed E-state index contributed by atoms with van der Waals surface area (Å²) in [5.74, 6) is 0. The Kier molecular flexibility index (Phi) is 5.98. The maximum absolute atomic E-state index is 6.01. The Bertz CT molecular complexity index is 413. The molecule has 1 atom stereocenters. The van der Waals surface area contributed by atoms with Gasteiger partial charge in [-0.15, -0.1) is 0 Å². The molecule has 108 valence electrons. The van der Waals surface area contributed by atoms with Gasteiger partial charge in [0, 0.05) is 25.7 Å². The van der Waals surface area contributed by atoms with E-state index < -0.39 is 0 Å². The monoisotopic (exact) mass is 263 g/mol. The van der Waals surface area contributed by atoms with E-state index in [1.165, 1.54) is 22.3 Å². The summed E-state index contributed by atoms with van der Waals surface area (Å²) in [6.45, 7) is 9.26. The molecule has 0 aliphatic heterocycles. The van der Waals surface area contributed by atoms with E-state index in [0.29, 0.717) is 12.6 Å². The van der Waals surface area contributed by atoms with Crippen LogP contribution in [0.5, 0.6) is 0 Å². The highest BCUT2D eigenvalue weighted by Crippen LogP contribution is 2.24. The first-order chi connectivity index (χ1) is 8.86. The second-order valence-electron chi connectivity index (χ2n) is 5.83. The van der Waals surface area contributed by atoms with Crippen LogP contribution >= 0.6 is 0 Å². The zero-order valence-corrected chi connectivity index (χ0v) is 13.3. The summed E-state index contributed by atoms with van der Waals surface area (Å²) < 4.78 is 0. The molecule has 19 heavy (non-hydrogen) atoms. The van der Waals surface area contributed by atoms with E-state index >= 15 is 0 Å². The van der Waals surface area contributed by atoms with Crippen LogP contribution < -0.4 is 5.73 Å². The van der Waals surface area contributed by atoms with Crippen molar-refractivity contribution in [3.8, 4) is 0 Å². The molecule has 0 amide bonds. The number of benzene rings is 1. The van der Waals surface area contributed by atoms with Gasteiger partial charge in [-0.3, -0.25) is 4.90 Å². The molecule has 0 fully saturated rings. The van der Waals surface area contributed by atoms with Crippen molar-refractivity contribution in [1.29, 1.82) is 0 Å². The van der Waals surface area contributed by atoms with Gasteiger partial charge >= 0.3 is 0 Å². The number of likely N-dealkylation sites (N-methyl/N-ethyl adjacent to an activating group) is 2. The Hall–Kier alpha value is -0.900. The predicted molar refractivity (Wildman–Crippen MR) is 83.6 cm³/mol. The Morgan fingerprint density at radius 1 is 0.947 bits per heavy atom. The van der Waals surface area contributed by atoms with E-state index in [1.807, 2.05) is 0 Å². The largest absolute Gasteiger partial charge is 0.329 e. The van der Waals surface area contributed by atoms with Crippen LogP contribution in [0.15, 0.2) is 12.1 Å². The summed E-state index contributed by atoms with van der Waals surface area (Å²) in [6, 6.07) is 4.88. The van der Waals surface area contributed by atoms with Gasteiger partial charge in [0.25, 0.3) is 0 Å². The molecular formula is C16H29N3. The van der Waals surface area contributed by atoms with Crippen LogP contribution in [0, 0.1) is 20.8 Å². The molecule has 2 N–H and O–H groups in total. The van der Waals surface area contributed by atoms with Gasteiger partial charge in [-0.2, -0.15) is 0 Å². The van der Waals surface area contributed by atoms with Crippen LogP contribution in [0.3, 0.4) is 0 Å². The smallest absolute Gasteiger partial charge is 0.0470 e. The van der Waals surface area contributed by atoms with Crippen molar-refractivity contribution in [2.24, 2.45) is 5.73 Å². The van der Waals surface area contributed by atoms with Crippen molar-refractivity contribution < 1.29 is 0 Å². The molecule has 0 aliphatic carbocycles. The van der Waals surface area contributed by atoms with Crippen LogP contribution in [-0.4, -0.2) is 50.6 Å². The molecule has 0 spiro atoms. The first-order valence-electron chi connectivity index (χ1n) is 6.99. The van der Waals surface area contributed by atoms with Crippen LogP contribution in [0.1, 0.15) is 28.3 Å². The Labute approximate surface area is 118 Å². The van der Waals surface area contributed by atoms with Crippen LogP contribution in [0.25, 0.3) is 0 Å². The summed E-state index contributed by atoms with van der Waals surface area (Å²) in [5, 5.41) is 0. The highest BCUT2D eigenvalue weighted by molar-refractivity contribution is 5.38. The van der Waals surface area contributed by atoms with Gasteiger partial charge < -0.3 is 10.6 Å². The number of hydrogen-bond donors (Lipinski definition) is 1. The zero-order chi connectivity index (χ0) is 14.6. The quantitative estimate of drug-likeness (QED) is 0.853. The molecule has 0 aliphatic rings. The number of rotatable bonds is 6. The third-order valence-corrected chi connectivity index (χ3v) is 3.90. The molecule has 0 bridgehead atoms. The molecule has 0 aromatic heterocycles. The summed E-state index contributed by atoms with van der Waals surface area (Å²) in [6.07, 6.45) is 0. The summed E-state index contributed by atoms with van der Waals surface area (Å²) in [7, 11) is 6.37. The third-order valence-electron chi connectivity index (χ3n) is 3.90. The fourth-order valence-corrected chi connectivity index (χ4v) is 2.40. The van der Waals surface area contributed by atoms with Crippen LogP contribution in [0.2, 0.25) is 0 Å². The highest BCUT2D eigenvalue weighted by Gasteiger charge is 2.18. The number of nitrogens with two attached hydrogens (primary N) is 1. The van der Waals surface area contributed by atoms with E-state index in [9.17, 15) is 0 Å². The first-order valence-corrected chi connectivity index (χ1v) is 6.99. The minimum atomic E-state index is 0.305. The SMILES string of the molecule is Cc1cc(C)c(C(CN)N(C)CCN(C)C)cc1C. The predicted octanol–water partition coefficient (Wildman–Crippen LogP) is 2.11. The zero-order valence-electron chi connectivity index (χ0n) is 13.3. The minimum Gasteiger partial charge on any atom is -0.329 e. The lowest BCUT2D eigenvalue weighted by molar-refractivity contribution is 0.222. The Balaban J connectivity index is 2.93. The molecule has 1 unspecified atom stereocenters. The van der Waals surface area contributed by atoms with E-state index in [1.54, 1.807) is 0 Å². The Morgan fingerprint density at radius 3 is 2.05 bits per heavy atom. The fraction of sp³-hybridized carbons (Fsp3) is 0.625. The van der Waals surface area contributed by atoms with Gasteiger partial charge in [0.15, 0.2) is 0 Å². The van der Waals surface area contributed by atoms with E-state index in [0.717, 1.165) is 13.1 Å². The summed E-state index contributed by atoms with van der Waals surface area (Å²) >= 11 is 0. The second-order valence-corrected chi connectivity index (χ2v) is 5.83. The molecule has 3 nitrogen and oxygen atoms in total. The van der Waals surface area contributed by atoms with Crippen molar-refractivity contribution in [3.05, 3.63) is 34.4 Å². The number of hydrogen-bond acceptors (Lipinski definition) is 3. The number of nitrogens with zero attached hydrogens (tertiary/aromatic N) is 2. The maximum Gasteiger partial charge on any atom is 0.0470 e. The standard InChI is InChI=1S/C16H29N3/c1-12-9-14(3)15(10-13(12)2)16(11-17)19(6)8-7-18(4)5/h9-10,16H,7-8,11,17H2,1-6H3. The average molecular weight is 263 g/mol. The van der Waals surface area contributed by atoms with Crippen molar-refractivity contribution in [2.75, 3.05) is 40.8 Å². The molecule has 3 heteroatoms. The van der Waals surface area contributed by atoms with Crippen molar-refractivity contribution >= 4 is 0 Å². The van der Waals surface area contributed by atoms with Gasteiger partial charge in [-0.05, 0) is 64.2 Å². The van der Waals surface area contributed by atoms with Gasteiger partial charge in [-0.25, -0.2) is 0 Å². The molecule has 1 aromatic rings. The lowest BCUT2D eigenvalue weighted by Crippen LogP contribution is -2.35. The van der Waals surface area contributed by atoms with Crippen molar-refractivity contribution in [1.82, 2.24) is 9.80 Å². The third kappa shape index (κ3) is 4.30. The molecule has 0 heterocycles. The summed E-state index contributed by atoms with van der Waals surface area (Å²) in [4.78, 5) is 4.56. The van der Waals surface area contributed by atoms with Crippen LogP contribution in [0.4, 0.5) is 0 Å². The van der Waals surface area contributed by atoms with Gasteiger partial charge in [0.05, 0.1) is 0 Å². The van der Waals surface area contributed by atoms with E-state index in [4.69, 9.17) is 5.73 Å². The fourth-order valence-electron chi connectivity index (χ4n) is 2.40. The lowest BCUT2D eigenvalue weighted by atomic mass is 9.95. The molecular weight excluding hydrogens is 234 g/mol. The topological polar surface area (TPSA) is 32.5 Å². The maximum atomic E-state index is 6.01. The van der Waals surface area contributed by atoms with Gasteiger partial charge in [0.2, 0.25) is 0 Å². The van der Waals surface area contributed by atoms with E-state index in [-0.39, 0.29) is 0 Å². The second kappa shape index (κ2) is 7.04. The lowest BCUT2D eigenvalue weighted by Gasteiger charge is -2.30. The molecule has 0 radical (unpaired) electrons. The Morgan fingerprint density at radius 2 is 1.53 bits per heavy atom. The van der Waals surface area contributed by atoms with Gasteiger partial charge in [0.1, 0.15) is 0 Å². The normalized spacial score (nSPS) is 13.3. The first kappa shape index (κ1) is 16.2. The van der Waals surface area contributed by atoms with E-state index in [2.05, 4.69) is 63.8 Å². The molecule has 1 aromatic carbocycles. The highest BCUT2D eigenvalue weighted by atomic mass is 15.2. The van der Waals surface area contributed by atoms with Crippen molar-refractivity contribution in [3.63, 3.8) is 0 Å². The molecule has 0 saturated carbocycles. The summed E-state index contributed by atoms with van der Waals surface area (Å²) in [5.41, 5.74) is 11.4. The minimum absolute atomic E-state index is 0.305.